The van der Waals surface area contributed by atoms with Gasteiger partial charge in [0, 0.05) is 41.4 Å². The third kappa shape index (κ3) is 8.84. The van der Waals surface area contributed by atoms with Crippen molar-refractivity contribution in [2.24, 2.45) is 0 Å². The molecule has 2 fully saturated rings. The number of rotatable bonds is 10. The molecular formula is C39H42F6N4O4S. The molecule has 0 aliphatic carbocycles. The summed E-state index contributed by atoms with van der Waals surface area (Å²) in [5, 5.41) is 2.06. The monoisotopic (exact) mass is 776 g/mol. The fraction of sp³-hybridized carbons (Fsp3) is 0.436. The minimum atomic E-state index is -4.94. The SMILES string of the molecule is CCOc1cc2nc(-c3cccc(C(F)(F)F)c3)c(CN3CCC(N4CCCCC4)CC3)c(C(=O)NC(c3ccccc3)C(F)(F)F)c2cc1S(C)(=O)=O. The van der Waals surface area contributed by atoms with Crippen LogP contribution in [0.2, 0.25) is 0 Å². The number of pyridine rings is 1. The van der Waals surface area contributed by atoms with E-state index in [0.717, 1.165) is 63.2 Å². The van der Waals surface area contributed by atoms with Crippen molar-refractivity contribution in [1.29, 1.82) is 0 Å². The molecule has 1 N–H and O–H groups in total. The van der Waals surface area contributed by atoms with Crippen molar-refractivity contribution in [2.75, 3.05) is 39.0 Å². The van der Waals surface area contributed by atoms with Gasteiger partial charge in [-0.2, -0.15) is 26.3 Å². The predicted octanol–water partition coefficient (Wildman–Crippen LogP) is 8.21. The molecule has 0 bridgehead atoms. The number of carbonyl (C=O) groups excluding carboxylic acids is 1. The smallest absolute Gasteiger partial charge is 0.416 e. The molecule has 15 heteroatoms. The number of halogens is 6. The minimum Gasteiger partial charge on any atom is -0.492 e. The van der Waals surface area contributed by atoms with Gasteiger partial charge in [-0.3, -0.25) is 9.69 Å². The summed E-state index contributed by atoms with van der Waals surface area (Å²) in [6, 6.07) is 11.4. The van der Waals surface area contributed by atoms with E-state index in [0.29, 0.717) is 19.1 Å². The Labute approximate surface area is 310 Å². The van der Waals surface area contributed by atoms with E-state index in [1.165, 1.54) is 55.0 Å². The van der Waals surface area contributed by atoms with Crippen molar-refractivity contribution < 1.29 is 44.3 Å². The summed E-state index contributed by atoms with van der Waals surface area (Å²) in [6.45, 7) is 4.71. The average Bonchev–Trinajstić information content (AvgIpc) is 3.13. The van der Waals surface area contributed by atoms with E-state index in [4.69, 9.17) is 9.72 Å². The van der Waals surface area contributed by atoms with Gasteiger partial charge in [-0.25, -0.2) is 13.4 Å². The maximum Gasteiger partial charge on any atom is 0.416 e. The van der Waals surface area contributed by atoms with Gasteiger partial charge in [0.05, 0.1) is 28.9 Å². The van der Waals surface area contributed by atoms with E-state index in [2.05, 4.69) is 10.2 Å². The summed E-state index contributed by atoms with van der Waals surface area (Å²) in [5.74, 6) is -1.31. The van der Waals surface area contributed by atoms with Gasteiger partial charge < -0.3 is 15.0 Å². The van der Waals surface area contributed by atoms with Crippen molar-refractivity contribution in [2.45, 2.75) is 74.9 Å². The van der Waals surface area contributed by atoms with E-state index >= 15 is 0 Å². The van der Waals surface area contributed by atoms with Crippen LogP contribution in [0.4, 0.5) is 26.3 Å². The Hall–Kier alpha value is -4.21. The standard InChI is InChI=1S/C39H42F6N4O4S/c1-3-53-32-23-31-29(22-33(32)54(2,51)52)34(37(50)47-36(39(43,44)45)25-11-6-4-7-12-25)30(35(46-31)26-13-10-14-27(21-26)38(40,41)42)24-48-19-15-28(16-20-48)49-17-8-5-9-18-49/h4,6-7,10-14,21-23,28,36H,3,5,8-9,15-20,24H2,1-2H3,(H,47,50). The Kier molecular flexibility index (Phi) is 11.6. The van der Waals surface area contributed by atoms with Crippen LogP contribution >= 0.6 is 0 Å². The number of ether oxygens (including phenoxy) is 1. The number of amides is 1. The van der Waals surface area contributed by atoms with Crippen LogP contribution in [0.25, 0.3) is 22.2 Å². The molecule has 2 saturated heterocycles. The number of carbonyl (C=O) groups is 1. The molecule has 3 aromatic carbocycles. The van der Waals surface area contributed by atoms with Gasteiger partial charge >= 0.3 is 12.4 Å². The van der Waals surface area contributed by atoms with Gasteiger partial charge in [-0.1, -0.05) is 48.9 Å². The van der Waals surface area contributed by atoms with Crippen LogP contribution in [0.1, 0.15) is 72.1 Å². The maximum atomic E-state index is 14.7. The van der Waals surface area contributed by atoms with Crippen LogP contribution < -0.4 is 10.1 Å². The largest absolute Gasteiger partial charge is 0.492 e. The molecule has 2 aliphatic heterocycles. The number of nitrogens with zero attached hydrogens (tertiary/aromatic N) is 3. The summed E-state index contributed by atoms with van der Waals surface area (Å²) < 4.78 is 118. The van der Waals surface area contributed by atoms with Crippen LogP contribution in [-0.4, -0.2) is 80.4 Å². The molecular weight excluding hydrogens is 735 g/mol. The predicted molar refractivity (Wildman–Crippen MR) is 193 cm³/mol. The van der Waals surface area contributed by atoms with Crippen LogP contribution in [-0.2, 0) is 22.6 Å². The molecule has 1 amide bonds. The maximum absolute atomic E-state index is 14.7. The zero-order valence-corrected chi connectivity index (χ0v) is 30.8. The summed E-state index contributed by atoms with van der Waals surface area (Å²) in [6.07, 6.45) is -3.77. The van der Waals surface area contributed by atoms with Crippen LogP contribution in [0, 0.1) is 0 Å². The third-order valence-corrected chi connectivity index (χ3v) is 11.2. The Balaban J connectivity index is 1.57. The molecule has 290 valence electrons. The normalized spacial score (nSPS) is 17.4. The number of hydrogen-bond acceptors (Lipinski definition) is 7. The van der Waals surface area contributed by atoms with Gasteiger partial charge in [-0.05, 0) is 82.5 Å². The molecule has 8 nitrogen and oxygen atoms in total. The molecule has 1 aromatic heterocycles. The zero-order valence-electron chi connectivity index (χ0n) is 29.9. The summed E-state index contributed by atoms with van der Waals surface area (Å²) in [5.41, 5.74) is -1.57. The number of likely N-dealkylation sites (tertiary alicyclic amines) is 2. The highest BCUT2D eigenvalue weighted by atomic mass is 32.2. The Bertz CT molecular complexity index is 2080. The summed E-state index contributed by atoms with van der Waals surface area (Å²) in [7, 11) is -4.02. The number of benzene rings is 3. The van der Waals surface area contributed by atoms with Crippen molar-refractivity contribution in [1.82, 2.24) is 20.1 Å². The van der Waals surface area contributed by atoms with E-state index in [-0.39, 0.29) is 62.6 Å². The molecule has 1 unspecified atom stereocenters. The molecule has 0 saturated carbocycles. The van der Waals surface area contributed by atoms with E-state index < -0.39 is 39.7 Å². The van der Waals surface area contributed by atoms with Crippen molar-refractivity contribution in [3.8, 4) is 17.0 Å². The lowest BCUT2D eigenvalue weighted by molar-refractivity contribution is -0.155. The van der Waals surface area contributed by atoms with Gasteiger partial charge in [0.1, 0.15) is 10.6 Å². The average molecular weight is 777 g/mol. The third-order valence-electron chi connectivity index (χ3n) is 10.1. The Morgan fingerprint density at radius 2 is 1.61 bits per heavy atom. The highest BCUT2D eigenvalue weighted by Crippen LogP contribution is 2.40. The fourth-order valence-corrected chi connectivity index (χ4v) is 8.33. The zero-order chi connectivity index (χ0) is 38.8. The number of fused-ring (bicyclic) bond motifs is 1. The second-order valence-electron chi connectivity index (χ2n) is 13.9. The topological polar surface area (TPSA) is 91.8 Å². The highest BCUT2D eigenvalue weighted by molar-refractivity contribution is 7.90. The lowest BCUT2D eigenvalue weighted by Gasteiger charge is -2.40. The van der Waals surface area contributed by atoms with Crippen molar-refractivity contribution in [3.05, 3.63) is 89.0 Å². The fourth-order valence-electron chi connectivity index (χ4n) is 7.52. The number of nitrogens with one attached hydrogen (secondary N) is 1. The molecule has 2 aliphatic rings. The molecule has 4 aromatic rings. The first-order chi connectivity index (χ1) is 25.5. The molecule has 6 rings (SSSR count). The Morgan fingerprint density at radius 3 is 2.22 bits per heavy atom. The summed E-state index contributed by atoms with van der Waals surface area (Å²) >= 11 is 0. The van der Waals surface area contributed by atoms with Crippen molar-refractivity contribution >= 4 is 26.6 Å². The van der Waals surface area contributed by atoms with Crippen molar-refractivity contribution in [3.63, 3.8) is 0 Å². The number of hydrogen-bond donors (Lipinski definition) is 1. The molecule has 54 heavy (non-hydrogen) atoms. The summed E-state index contributed by atoms with van der Waals surface area (Å²) in [4.78, 5) is 23.5. The lowest BCUT2D eigenvalue weighted by atomic mass is 9.93. The van der Waals surface area contributed by atoms with E-state index in [1.807, 2.05) is 4.90 Å². The number of sulfone groups is 1. The molecule has 1 atom stereocenters. The van der Waals surface area contributed by atoms with Crippen LogP contribution in [0.15, 0.2) is 71.6 Å². The van der Waals surface area contributed by atoms with Gasteiger partial charge in [0.2, 0.25) is 0 Å². The second kappa shape index (κ2) is 15.9. The first-order valence-corrected chi connectivity index (χ1v) is 19.8. The first kappa shape index (κ1) is 39.5. The van der Waals surface area contributed by atoms with Gasteiger partial charge in [-0.15, -0.1) is 0 Å². The van der Waals surface area contributed by atoms with Gasteiger partial charge in [0.25, 0.3) is 5.91 Å². The van der Waals surface area contributed by atoms with Gasteiger partial charge in [0.15, 0.2) is 15.9 Å². The lowest BCUT2D eigenvalue weighted by Crippen LogP contribution is -2.46. The van der Waals surface area contributed by atoms with Crippen LogP contribution in [0.3, 0.4) is 0 Å². The molecule has 3 heterocycles. The molecule has 0 radical (unpaired) electrons. The quantitative estimate of drug-likeness (QED) is 0.163. The number of piperidine rings is 2. The number of aromatic nitrogens is 1. The highest BCUT2D eigenvalue weighted by Gasteiger charge is 2.43. The second-order valence-corrected chi connectivity index (χ2v) is 15.9. The van der Waals surface area contributed by atoms with E-state index in [9.17, 15) is 39.6 Å². The Morgan fingerprint density at radius 1 is 0.926 bits per heavy atom. The van der Waals surface area contributed by atoms with E-state index in [1.54, 1.807) is 6.92 Å². The van der Waals surface area contributed by atoms with Crippen LogP contribution in [0.5, 0.6) is 5.75 Å². The first-order valence-electron chi connectivity index (χ1n) is 17.9. The number of alkyl halides is 6. The molecule has 0 spiro atoms. The minimum absolute atomic E-state index is 0.0143.